The Hall–Kier alpha value is -2.10. The Bertz CT molecular complexity index is 366. The highest BCUT2D eigenvalue weighted by Gasteiger charge is 1.90. The van der Waals surface area contributed by atoms with Crippen LogP contribution in [0.4, 0.5) is 0 Å². The third-order valence-corrected chi connectivity index (χ3v) is 1.61. The van der Waals surface area contributed by atoms with E-state index in [0.717, 1.165) is 17.3 Å². The van der Waals surface area contributed by atoms with Gasteiger partial charge in [-0.3, -0.25) is 10.1 Å². The average Bonchev–Trinajstić information content (AvgIpc) is 2.17. The van der Waals surface area contributed by atoms with E-state index in [0.29, 0.717) is 0 Å². The third kappa shape index (κ3) is 3.10. The topological polar surface area (TPSA) is 69.2 Å². The summed E-state index contributed by atoms with van der Waals surface area (Å²) in [5.41, 5.74) is 6.96. The molecule has 0 saturated carbocycles. The minimum absolute atomic E-state index is 0.492. The monoisotopic (exact) mass is 190 g/mol. The quantitative estimate of drug-likeness (QED) is 0.584. The minimum Gasteiger partial charge on any atom is -0.405 e. The molecule has 0 saturated heterocycles. The number of nitro groups is 1. The Morgan fingerprint density at radius 3 is 2.07 bits per heavy atom. The second kappa shape index (κ2) is 4.81. The fourth-order valence-corrected chi connectivity index (χ4v) is 0.976. The van der Waals surface area contributed by atoms with Crippen LogP contribution in [0.25, 0.3) is 12.2 Å². The highest BCUT2D eigenvalue weighted by molar-refractivity contribution is 5.54. The smallest absolute Gasteiger partial charge is 0.235 e. The van der Waals surface area contributed by atoms with Crippen molar-refractivity contribution in [3.05, 3.63) is 57.9 Å². The first-order valence-corrected chi connectivity index (χ1v) is 4.02. The molecule has 14 heavy (non-hydrogen) atoms. The van der Waals surface area contributed by atoms with Crippen LogP contribution >= 0.6 is 0 Å². The van der Waals surface area contributed by atoms with Crippen molar-refractivity contribution in [1.29, 1.82) is 0 Å². The molecule has 0 radical (unpaired) electrons. The number of nitrogens with two attached hydrogens (primary N) is 1. The normalized spacial score (nSPS) is 11.1. The van der Waals surface area contributed by atoms with E-state index in [9.17, 15) is 10.1 Å². The van der Waals surface area contributed by atoms with Gasteiger partial charge in [0.15, 0.2) is 0 Å². The molecule has 0 aromatic heterocycles. The van der Waals surface area contributed by atoms with E-state index in [2.05, 4.69) is 0 Å². The number of hydrogen-bond acceptors (Lipinski definition) is 3. The van der Waals surface area contributed by atoms with Crippen LogP contribution in [-0.2, 0) is 0 Å². The van der Waals surface area contributed by atoms with E-state index in [1.54, 1.807) is 18.2 Å². The average molecular weight is 190 g/mol. The molecule has 1 aromatic rings. The van der Waals surface area contributed by atoms with Gasteiger partial charge in [-0.15, -0.1) is 0 Å². The maximum atomic E-state index is 10.0. The zero-order valence-electron chi connectivity index (χ0n) is 7.46. The molecule has 4 heteroatoms. The van der Waals surface area contributed by atoms with Crippen LogP contribution in [0.1, 0.15) is 11.1 Å². The standard InChI is InChI=1S/C10H10N2O2/c11-7-5-9-1-3-10(4-2-9)6-8-12(13)14/h1-8H,11H2/b7-5+,8-6+. The number of rotatable bonds is 3. The maximum absolute atomic E-state index is 10.0. The second-order valence-corrected chi connectivity index (χ2v) is 2.63. The molecule has 0 bridgehead atoms. The molecule has 0 atom stereocenters. The Kier molecular flexibility index (Phi) is 3.43. The van der Waals surface area contributed by atoms with Crippen LogP contribution in [0.15, 0.2) is 36.7 Å². The molecular formula is C10H10N2O2. The van der Waals surface area contributed by atoms with Gasteiger partial charge in [0.1, 0.15) is 0 Å². The fraction of sp³-hybridized carbons (Fsp3) is 0. The lowest BCUT2D eigenvalue weighted by atomic mass is 10.1. The predicted molar refractivity (Wildman–Crippen MR) is 55.7 cm³/mol. The highest BCUT2D eigenvalue weighted by Crippen LogP contribution is 2.07. The van der Waals surface area contributed by atoms with Gasteiger partial charge in [-0.25, -0.2) is 0 Å². The predicted octanol–water partition coefficient (Wildman–Crippen LogP) is 1.86. The van der Waals surface area contributed by atoms with Crippen LogP contribution in [-0.4, -0.2) is 4.92 Å². The maximum Gasteiger partial charge on any atom is 0.235 e. The third-order valence-electron chi connectivity index (χ3n) is 1.61. The van der Waals surface area contributed by atoms with E-state index < -0.39 is 4.92 Å². The van der Waals surface area contributed by atoms with Crippen molar-refractivity contribution in [3.8, 4) is 0 Å². The first-order chi connectivity index (χ1) is 6.72. The zero-order chi connectivity index (χ0) is 10.4. The van der Waals surface area contributed by atoms with Crippen LogP contribution in [0.2, 0.25) is 0 Å². The van der Waals surface area contributed by atoms with Crippen molar-refractivity contribution < 1.29 is 4.92 Å². The Labute approximate surface area is 81.5 Å². The van der Waals surface area contributed by atoms with Gasteiger partial charge >= 0.3 is 0 Å². The fourth-order valence-electron chi connectivity index (χ4n) is 0.976. The van der Waals surface area contributed by atoms with E-state index in [-0.39, 0.29) is 0 Å². The molecule has 0 unspecified atom stereocenters. The Morgan fingerprint density at radius 2 is 1.64 bits per heavy atom. The summed E-state index contributed by atoms with van der Waals surface area (Å²) in [5, 5.41) is 10.0. The van der Waals surface area contributed by atoms with Crippen molar-refractivity contribution in [2.24, 2.45) is 5.73 Å². The summed E-state index contributed by atoms with van der Waals surface area (Å²) >= 11 is 0. The van der Waals surface area contributed by atoms with Crippen molar-refractivity contribution in [2.75, 3.05) is 0 Å². The minimum atomic E-state index is -0.492. The number of benzene rings is 1. The second-order valence-electron chi connectivity index (χ2n) is 2.63. The molecule has 4 nitrogen and oxygen atoms in total. The number of hydrogen-bond donors (Lipinski definition) is 1. The zero-order valence-corrected chi connectivity index (χ0v) is 7.46. The summed E-state index contributed by atoms with van der Waals surface area (Å²) < 4.78 is 0. The molecule has 0 amide bonds. The van der Waals surface area contributed by atoms with Gasteiger partial charge in [0.25, 0.3) is 0 Å². The summed E-state index contributed by atoms with van der Waals surface area (Å²) in [4.78, 5) is 9.54. The first kappa shape index (κ1) is 9.98. The molecule has 0 aliphatic heterocycles. The molecule has 0 spiro atoms. The van der Waals surface area contributed by atoms with Crippen molar-refractivity contribution in [1.82, 2.24) is 0 Å². The van der Waals surface area contributed by atoms with Crippen LogP contribution in [0.3, 0.4) is 0 Å². The van der Waals surface area contributed by atoms with Gasteiger partial charge in [0.2, 0.25) is 6.20 Å². The lowest BCUT2D eigenvalue weighted by molar-refractivity contribution is -0.400. The molecule has 1 aromatic carbocycles. The molecule has 0 fully saturated rings. The molecule has 0 heterocycles. The number of nitrogens with zero attached hydrogens (tertiary/aromatic N) is 1. The molecular weight excluding hydrogens is 180 g/mol. The van der Waals surface area contributed by atoms with Crippen molar-refractivity contribution in [3.63, 3.8) is 0 Å². The van der Waals surface area contributed by atoms with E-state index >= 15 is 0 Å². The Morgan fingerprint density at radius 1 is 1.14 bits per heavy atom. The van der Waals surface area contributed by atoms with Gasteiger partial charge < -0.3 is 5.73 Å². The van der Waals surface area contributed by atoms with Crippen LogP contribution < -0.4 is 5.73 Å². The van der Waals surface area contributed by atoms with Crippen LogP contribution in [0.5, 0.6) is 0 Å². The molecule has 72 valence electrons. The summed E-state index contributed by atoms with van der Waals surface area (Å²) in [6.07, 6.45) is 5.55. The van der Waals surface area contributed by atoms with Gasteiger partial charge in [0.05, 0.1) is 4.92 Å². The van der Waals surface area contributed by atoms with Crippen molar-refractivity contribution >= 4 is 12.2 Å². The van der Waals surface area contributed by atoms with E-state index in [1.807, 2.05) is 12.1 Å². The Balaban J connectivity index is 2.78. The lowest BCUT2D eigenvalue weighted by Crippen LogP contribution is -1.82. The SMILES string of the molecule is N/C=C/c1ccc(/C=C/[N+](=O)[O-])cc1. The summed E-state index contributed by atoms with van der Waals surface area (Å²) in [6.45, 7) is 0. The highest BCUT2D eigenvalue weighted by atomic mass is 16.6. The molecule has 2 N–H and O–H groups in total. The first-order valence-electron chi connectivity index (χ1n) is 4.02. The van der Waals surface area contributed by atoms with E-state index in [1.165, 1.54) is 12.3 Å². The molecule has 0 aliphatic carbocycles. The molecule has 1 rings (SSSR count). The van der Waals surface area contributed by atoms with Gasteiger partial charge in [-0.05, 0) is 23.4 Å². The summed E-state index contributed by atoms with van der Waals surface area (Å²) in [5.74, 6) is 0. The van der Waals surface area contributed by atoms with Gasteiger partial charge in [-0.2, -0.15) is 0 Å². The van der Waals surface area contributed by atoms with Crippen molar-refractivity contribution in [2.45, 2.75) is 0 Å². The summed E-state index contributed by atoms with van der Waals surface area (Å²) in [6, 6.07) is 7.25. The van der Waals surface area contributed by atoms with E-state index in [4.69, 9.17) is 5.73 Å². The van der Waals surface area contributed by atoms with Crippen LogP contribution in [0, 0.1) is 10.1 Å². The lowest BCUT2D eigenvalue weighted by Gasteiger charge is -1.93. The molecule has 0 aliphatic rings. The van der Waals surface area contributed by atoms with Gasteiger partial charge in [0, 0.05) is 6.08 Å². The largest absolute Gasteiger partial charge is 0.405 e. The van der Waals surface area contributed by atoms with Gasteiger partial charge in [-0.1, -0.05) is 24.3 Å². The summed E-state index contributed by atoms with van der Waals surface area (Å²) in [7, 11) is 0.